The summed E-state index contributed by atoms with van der Waals surface area (Å²) in [5.74, 6) is -0.0801. The minimum Gasteiger partial charge on any atom is -0.391 e. The fourth-order valence-corrected chi connectivity index (χ4v) is 3.42. The number of amides is 1. The Morgan fingerprint density at radius 1 is 1.42 bits per heavy atom. The molecule has 0 aromatic heterocycles. The van der Waals surface area contributed by atoms with Crippen LogP contribution in [0.15, 0.2) is 27.6 Å². The first-order valence-electron chi connectivity index (χ1n) is 6.44. The summed E-state index contributed by atoms with van der Waals surface area (Å²) in [6, 6.07) is 5.32. The Labute approximate surface area is 127 Å². The van der Waals surface area contributed by atoms with Gasteiger partial charge in [0.1, 0.15) is 0 Å². The lowest BCUT2D eigenvalue weighted by atomic mass is 9.91. The number of aliphatic hydroxyl groups excluding tert-OH is 1. The summed E-state index contributed by atoms with van der Waals surface area (Å²) in [5.41, 5.74) is 0.576. The van der Waals surface area contributed by atoms with Crippen LogP contribution in [0.1, 0.15) is 36.0 Å². The van der Waals surface area contributed by atoms with Gasteiger partial charge in [0.25, 0.3) is 5.91 Å². The highest BCUT2D eigenvalue weighted by atomic mass is 79.9. The summed E-state index contributed by atoms with van der Waals surface area (Å²) in [6.07, 6.45) is 3.32. The van der Waals surface area contributed by atoms with Crippen molar-refractivity contribution >= 4 is 34.5 Å². The normalized spacial score (nSPS) is 23.2. The molecule has 1 saturated carbocycles. The van der Waals surface area contributed by atoms with E-state index in [1.165, 1.54) is 0 Å². The van der Waals surface area contributed by atoms with Crippen LogP contribution >= 0.6 is 28.6 Å². The van der Waals surface area contributed by atoms with Crippen LogP contribution in [0.4, 0.5) is 0 Å². The van der Waals surface area contributed by atoms with E-state index >= 15 is 0 Å². The molecule has 0 heterocycles. The molecule has 1 aliphatic carbocycles. The molecule has 2 unspecified atom stereocenters. The Hall–Kier alpha value is -0.520. The van der Waals surface area contributed by atoms with E-state index in [9.17, 15) is 9.90 Å². The summed E-state index contributed by atoms with van der Waals surface area (Å²) in [7, 11) is 1.76. The number of thiol groups is 1. The monoisotopic (exact) mass is 343 g/mol. The van der Waals surface area contributed by atoms with Gasteiger partial charge in [-0.3, -0.25) is 4.79 Å². The van der Waals surface area contributed by atoms with E-state index in [0.29, 0.717) is 10.5 Å². The number of carbonyl (C=O) groups excluding carboxylic acids is 1. The molecule has 1 aliphatic rings. The summed E-state index contributed by atoms with van der Waals surface area (Å²) in [6.45, 7) is 0. The molecule has 2 atom stereocenters. The molecule has 2 rings (SSSR count). The van der Waals surface area contributed by atoms with Crippen LogP contribution in [0, 0.1) is 0 Å². The number of hydrogen-bond donors (Lipinski definition) is 2. The maximum absolute atomic E-state index is 12.5. The SMILES string of the molecule is CN(C(=O)c1ccc(Br)cc1S)C1CCCCC1O. The quantitative estimate of drug-likeness (QED) is 0.810. The molecular weight excluding hydrogens is 326 g/mol. The van der Waals surface area contributed by atoms with E-state index in [1.54, 1.807) is 18.0 Å². The van der Waals surface area contributed by atoms with Gasteiger partial charge in [0.2, 0.25) is 0 Å². The molecule has 0 spiro atoms. The first-order chi connectivity index (χ1) is 9.00. The highest BCUT2D eigenvalue weighted by Gasteiger charge is 2.30. The van der Waals surface area contributed by atoms with Crippen LogP contribution in [0.3, 0.4) is 0 Å². The van der Waals surface area contributed by atoms with Gasteiger partial charge in [0.15, 0.2) is 0 Å². The predicted molar refractivity (Wildman–Crippen MR) is 81.8 cm³/mol. The van der Waals surface area contributed by atoms with Gasteiger partial charge in [-0.05, 0) is 31.0 Å². The Kier molecular flexibility index (Phi) is 4.92. The molecule has 1 fully saturated rings. The Balaban J connectivity index is 2.18. The molecule has 0 aliphatic heterocycles. The number of hydrogen-bond acceptors (Lipinski definition) is 3. The van der Waals surface area contributed by atoms with Gasteiger partial charge in [-0.2, -0.15) is 0 Å². The minimum atomic E-state index is -0.415. The summed E-state index contributed by atoms with van der Waals surface area (Å²) >= 11 is 7.70. The molecule has 104 valence electrons. The standard InChI is InChI=1S/C14H18BrNO2S/c1-16(11-4-2-3-5-12(11)17)14(18)10-7-6-9(15)8-13(10)19/h6-8,11-12,17,19H,2-5H2,1H3. The van der Waals surface area contributed by atoms with Crippen LogP contribution < -0.4 is 0 Å². The zero-order chi connectivity index (χ0) is 14.0. The molecule has 1 aromatic carbocycles. The fraction of sp³-hybridized carbons (Fsp3) is 0.500. The molecule has 0 radical (unpaired) electrons. The molecule has 19 heavy (non-hydrogen) atoms. The number of nitrogens with zero attached hydrogens (tertiary/aromatic N) is 1. The van der Waals surface area contributed by atoms with Gasteiger partial charge in [-0.15, -0.1) is 12.6 Å². The van der Waals surface area contributed by atoms with Gasteiger partial charge in [-0.1, -0.05) is 28.8 Å². The van der Waals surface area contributed by atoms with Crippen molar-refractivity contribution in [2.24, 2.45) is 0 Å². The van der Waals surface area contributed by atoms with Crippen LogP contribution in [0.5, 0.6) is 0 Å². The molecule has 3 nitrogen and oxygen atoms in total. The molecule has 1 N–H and O–H groups in total. The molecule has 0 saturated heterocycles. The van der Waals surface area contributed by atoms with E-state index < -0.39 is 6.10 Å². The molecule has 0 bridgehead atoms. The topological polar surface area (TPSA) is 40.5 Å². The average Bonchev–Trinajstić information content (AvgIpc) is 2.38. The van der Waals surface area contributed by atoms with Crippen molar-refractivity contribution in [1.82, 2.24) is 4.90 Å². The smallest absolute Gasteiger partial charge is 0.255 e. The van der Waals surface area contributed by atoms with E-state index in [4.69, 9.17) is 0 Å². The van der Waals surface area contributed by atoms with Crippen molar-refractivity contribution < 1.29 is 9.90 Å². The van der Waals surface area contributed by atoms with Crippen LogP contribution in [-0.4, -0.2) is 35.1 Å². The van der Waals surface area contributed by atoms with Crippen molar-refractivity contribution in [3.63, 3.8) is 0 Å². The van der Waals surface area contributed by atoms with Crippen LogP contribution in [0.2, 0.25) is 0 Å². The number of carbonyl (C=O) groups is 1. The van der Waals surface area contributed by atoms with Crippen molar-refractivity contribution in [3.05, 3.63) is 28.2 Å². The fourth-order valence-electron chi connectivity index (χ4n) is 2.57. The minimum absolute atomic E-state index is 0.0801. The van der Waals surface area contributed by atoms with Crippen molar-refractivity contribution in [3.8, 4) is 0 Å². The molecule has 1 amide bonds. The Morgan fingerprint density at radius 3 is 2.74 bits per heavy atom. The third-order valence-corrected chi connectivity index (χ3v) is 4.57. The maximum Gasteiger partial charge on any atom is 0.255 e. The first-order valence-corrected chi connectivity index (χ1v) is 7.68. The zero-order valence-electron chi connectivity index (χ0n) is 10.8. The highest BCUT2D eigenvalue weighted by Crippen LogP contribution is 2.26. The number of benzene rings is 1. The van der Waals surface area contributed by atoms with Crippen molar-refractivity contribution in [2.75, 3.05) is 7.05 Å². The summed E-state index contributed by atoms with van der Waals surface area (Å²) < 4.78 is 0.898. The largest absolute Gasteiger partial charge is 0.391 e. The summed E-state index contributed by atoms with van der Waals surface area (Å²) in [4.78, 5) is 14.8. The third-order valence-electron chi connectivity index (χ3n) is 3.70. The van der Waals surface area contributed by atoms with Gasteiger partial charge in [0, 0.05) is 16.4 Å². The highest BCUT2D eigenvalue weighted by molar-refractivity contribution is 9.10. The first kappa shape index (κ1) is 14.9. The molecule has 1 aromatic rings. The van der Waals surface area contributed by atoms with E-state index in [0.717, 1.165) is 30.2 Å². The Morgan fingerprint density at radius 2 is 2.11 bits per heavy atom. The lowest BCUT2D eigenvalue weighted by Gasteiger charge is -2.35. The predicted octanol–water partition coefficient (Wildman–Crippen LogP) is 3.11. The number of halogens is 1. The number of likely N-dealkylation sites (N-methyl/N-ethyl adjacent to an activating group) is 1. The van der Waals surface area contributed by atoms with Crippen molar-refractivity contribution in [2.45, 2.75) is 42.7 Å². The second-order valence-electron chi connectivity index (χ2n) is 5.00. The van der Waals surface area contributed by atoms with E-state index in [1.807, 2.05) is 12.1 Å². The maximum atomic E-state index is 12.5. The zero-order valence-corrected chi connectivity index (χ0v) is 13.3. The summed E-state index contributed by atoms with van der Waals surface area (Å²) in [5, 5.41) is 10.0. The van der Waals surface area contributed by atoms with Crippen molar-refractivity contribution in [1.29, 1.82) is 0 Å². The van der Waals surface area contributed by atoms with Gasteiger partial charge < -0.3 is 10.0 Å². The van der Waals surface area contributed by atoms with Crippen LogP contribution in [-0.2, 0) is 0 Å². The van der Waals surface area contributed by atoms with E-state index in [-0.39, 0.29) is 11.9 Å². The van der Waals surface area contributed by atoms with Gasteiger partial charge >= 0.3 is 0 Å². The molecular formula is C14H18BrNO2S. The average molecular weight is 344 g/mol. The van der Waals surface area contributed by atoms with Gasteiger partial charge in [-0.25, -0.2) is 0 Å². The second kappa shape index (κ2) is 6.29. The second-order valence-corrected chi connectivity index (χ2v) is 6.39. The number of aliphatic hydroxyl groups is 1. The number of rotatable bonds is 2. The van der Waals surface area contributed by atoms with E-state index in [2.05, 4.69) is 28.6 Å². The Bertz CT molecular complexity index is 481. The van der Waals surface area contributed by atoms with Crippen LogP contribution in [0.25, 0.3) is 0 Å². The molecule has 5 heteroatoms. The lowest BCUT2D eigenvalue weighted by molar-refractivity contribution is 0.0266. The third kappa shape index (κ3) is 3.33. The van der Waals surface area contributed by atoms with Gasteiger partial charge in [0.05, 0.1) is 17.7 Å². The lowest BCUT2D eigenvalue weighted by Crippen LogP contribution is -2.46.